The zero-order valence-electron chi connectivity index (χ0n) is 11.3. The molecule has 0 aromatic heterocycles. The van der Waals surface area contributed by atoms with Gasteiger partial charge >= 0.3 is 0 Å². The minimum Gasteiger partial charge on any atom is -0.493 e. The molecule has 1 N–H and O–H groups in total. The molecule has 0 amide bonds. The molecule has 0 atom stereocenters. The number of rotatable bonds is 8. The van der Waals surface area contributed by atoms with Crippen LogP contribution in [0.3, 0.4) is 0 Å². The van der Waals surface area contributed by atoms with Gasteiger partial charge in [-0.15, -0.1) is 0 Å². The fourth-order valence-electron chi connectivity index (χ4n) is 1.84. The highest BCUT2D eigenvalue weighted by Gasteiger charge is 2.20. The van der Waals surface area contributed by atoms with Crippen LogP contribution in [0.4, 0.5) is 0 Å². The van der Waals surface area contributed by atoms with Gasteiger partial charge in [0.15, 0.2) is 0 Å². The molecule has 106 valence electrons. The van der Waals surface area contributed by atoms with Gasteiger partial charge < -0.3 is 10.1 Å². The molecule has 1 aliphatic rings. The summed E-state index contributed by atoms with van der Waals surface area (Å²) in [7, 11) is -2.89. The van der Waals surface area contributed by atoms with Crippen molar-refractivity contribution in [3.63, 3.8) is 0 Å². The molecule has 1 aliphatic carbocycles. The summed E-state index contributed by atoms with van der Waals surface area (Å²) in [5, 5.41) is 3.45. The average Bonchev–Trinajstić information content (AvgIpc) is 3.16. The molecule has 0 bridgehead atoms. The molecule has 1 saturated carbocycles. The first-order chi connectivity index (χ1) is 9.04. The molecule has 5 heteroatoms. The highest BCUT2D eigenvalue weighted by atomic mass is 32.2. The van der Waals surface area contributed by atoms with Crippen LogP contribution in [0.25, 0.3) is 0 Å². The molecule has 0 spiro atoms. The zero-order valence-corrected chi connectivity index (χ0v) is 12.1. The van der Waals surface area contributed by atoms with Crippen molar-refractivity contribution in [1.29, 1.82) is 0 Å². The van der Waals surface area contributed by atoms with Crippen molar-refractivity contribution in [3.8, 4) is 5.75 Å². The Bertz CT molecular complexity index is 509. The summed E-state index contributed by atoms with van der Waals surface area (Å²) < 4.78 is 27.7. The molecule has 1 aromatic carbocycles. The third kappa shape index (κ3) is 5.61. The van der Waals surface area contributed by atoms with E-state index in [2.05, 4.69) is 5.32 Å². The number of benzene rings is 1. The van der Waals surface area contributed by atoms with Gasteiger partial charge in [-0.3, -0.25) is 0 Å². The van der Waals surface area contributed by atoms with Crippen LogP contribution >= 0.6 is 0 Å². The summed E-state index contributed by atoms with van der Waals surface area (Å²) in [6.45, 7) is 1.25. The topological polar surface area (TPSA) is 55.4 Å². The highest BCUT2D eigenvalue weighted by molar-refractivity contribution is 7.90. The van der Waals surface area contributed by atoms with E-state index in [4.69, 9.17) is 4.74 Å². The molecular formula is C14H21NO3S. The number of ether oxygens (including phenoxy) is 1. The van der Waals surface area contributed by atoms with E-state index in [9.17, 15) is 8.42 Å². The van der Waals surface area contributed by atoms with E-state index in [0.717, 1.165) is 17.9 Å². The van der Waals surface area contributed by atoms with Crippen LogP contribution in [-0.4, -0.2) is 33.1 Å². The lowest BCUT2D eigenvalue weighted by molar-refractivity contribution is 0.313. The van der Waals surface area contributed by atoms with E-state index in [1.165, 1.54) is 19.1 Å². The molecule has 0 radical (unpaired) electrons. The number of sulfone groups is 1. The van der Waals surface area contributed by atoms with Gasteiger partial charge in [-0.25, -0.2) is 8.42 Å². The van der Waals surface area contributed by atoms with Crippen molar-refractivity contribution in [3.05, 3.63) is 29.8 Å². The Morgan fingerprint density at radius 2 is 2.05 bits per heavy atom. The van der Waals surface area contributed by atoms with E-state index < -0.39 is 9.84 Å². The van der Waals surface area contributed by atoms with Crippen LogP contribution in [0.1, 0.15) is 24.8 Å². The van der Waals surface area contributed by atoms with Gasteiger partial charge in [-0.1, -0.05) is 18.2 Å². The van der Waals surface area contributed by atoms with E-state index in [1.54, 1.807) is 0 Å². The SMILES string of the molecule is CS(=O)(=O)CCCOc1ccccc1CNC1CC1. The Kier molecular flexibility index (Phi) is 4.82. The highest BCUT2D eigenvalue weighted by Crippen LogP contribution is 2.22. The van der Waals surface area contributed by atoms with Crippen molar-refractivity contribution < 1.29 is 13.2 Å². The van der Waals surface area contributed by atoms with Gasteiger partial charge in [-0.05, 0) is 25.3 Å². The van der Waals surface area contributed by atoms with Gasteiger partial charge in [-0.2, -0.15) is 0 Å². The zero-order chi connectivity index (χ0) is 13.7. The summed E-state index contributed by atoms with van der Waals surface area (Å²) in [6.07, 6.45) is 4.30. The summed E-state index contributed by atoms with van der Waals surface area (Å²) in [5.74, 6) is 1.03. The van der Waals surface area contributed by atoms with Crippen LogP contribution < -0.4 is 10.1 Å². The van der Waals surface area contributed by atoms with Crippen LogP contribution in [0.15, 0.2) is 24.3 Å². The summed E-state index contributed by atoms with van der Waals surface area (Å²) in [5.41, 5.74) is 1.13. The van der Waals surface area contributed by atoms with E-state index in [-0.39, 0.29) is 5.75 Å². The second-order valence-electron chi connectivity index (χ2n) is 5.09. The number of para-hydroxylation sites is 1. The lowest BCUT2D eigenvalue weighted by atomic mass is 10.2. The lowest BCUT2D eigenvalue weighted by Gasteiger charge is -2.11. The maximum Gasteiger partial charge on any atom is 0.147 e. The maximum atomic E-state index is 11.0. The minimum atomic E-state index is -2.89. The minimum absolute atomic E-state index is 0.176. The first-order valence-electron chi connectivity index (χ1n) is 6.66. The van der Waals surface area contributed by atoms with E-state index >= 15 is 0 Å². The van der Waals surface area contributed by atoms with Crippen molar-refractivity contribution in [1.82, 2.24) is 5.32 Å². The molecule has 1 fully saturated rings. The fourth-order valence-corrected chi connectivity index (χ4v) is 2.48. The first-order valence-corrected chi connectivity index (χ1v) is 8.72. The molecule has 2 rings (SSSR count). The van der Waals surface area contributed by atoms with Gasteiger partial charge in [0, 0.05) is 24.4 Å². The van der Waals surface area contributed by atoms with Crippen molar-refractivity contribution in [2.45, 2.75) is 31.8 Å². The van der Waals surface area contributed by atoms with E-state index in [0.29, 0.717) is 19.1 Å². The Labute approximate surface area is 115 Å². The summed E-state index contributed by atoms with van der Waals surface area (Å²) >= 11 is 0. The molecular weight excluding hydrogens is 262 g/mol. The molecule has 0 heterocycles. The smallest absolute Gasteiger partial charge is 0.147 e. The Morgan fingerprint density at radius 3 is 2.74 bits per heavy atom. The normalized spacial score (nSPS) is 15.4. The van der Waals surface area contributed by atoms with Crippen molar-refractivity contribution in [2.75, 3.05) is 18.6 Å². The van der Waals surface area contributed by atoms with Crippen LogP contribution in [0.2, 0.25) is 0 Å². The molecule has 4 nitrogen and oxygen atoms in total. The lowest BCUT2D eigenvalue weighted by Crippen LogP contribution is -2.16. The Morgan fingerprint density at radius 1 is 1.32 bits per heavy atom. The van der Waals surface area contributed by atoms with Crippen molar-refractivity contribution >= 4 is 9.84 Å². The van der Waals surface area contributed by atoms with Gasteiger partial charge in [0.1, 0.15) is 15.6 Å². The van der Waals surface area contributed by atoms with Gasteiger partial charge in [0.2, 0.25) is 0 Å². The Hall–Kier alpha value is -1.07. The van der Waals surface area contributed by atoms with E-state index in [1.807, 2.05) is 24.3 Å². The average molecular weight is 283 g/mol. The third-order valence-electron chi connectivity index (χ3n) is 3.05. The first kappa shape index (κ1) is 14.3. The number of hydrogen-bond donors (Lipinski definition) is 1. The summed E-state index contributed by atoms with van der Waals surface area (Å²) in [6, 6.07) is 8.57. The molecule has 0 saturated heterocycles. The number of nitrogens with one attached hydrogen (secondary N) is 1. The second kappa shape index (κ2) is 6.39. The fraction of sp³-hybridized carbons (Fsp3) is 0.571. The molecule has 0 aliphatic heterocycles. The summed E-state index contributed by atoms with van der Waals surface area (Å²) in [4.78, 5) is 0. The molecule has 19 heavy (non-hydrogen) atoms. The van der Waals surface area contributed by atoms with Gasteiger partial charge in [0.25, 0.3) is 0 Å². The quantitative estimate of drug-likeness (QED) is 0.739. The molecule has 0 unspecified atom stereocenters. The predicted molar refractivity (Wildman–Crippen MR) is 76.1 cm³/mol. The standard InChI is InChI=1S/C14H21NO3S/c1-19(16,17)10-4-9-18-14-6-3-2-5-12(14)11-15-13-7-8-13/h2-3,5-6,13,15H,4,7-11H2,1H3. The van der Waals surface area contributed by atoms with Crippen LogP contribution in [0, 0.1) is 0 Å². The van der Waals surface area contributed by atoms with Gasteiger partial charge in [0.05, 0.1) is 12.4 Å². The Balaban J connectivity index is 1.81. The predicted octanol–water partition coefficient (Wildman–Crippen LogP) is 1.75. The monoisotopic (exact) mass is 283 g/mol. The van der Waals surface area contributed by atoms with Crippen molar-refractivity contribution in [2.24, 2.45) is 0 Å². The molecule has 1 aromatic rings. The van der Waals surface area contributed by atoms with Crippen LogP contribution in [0.5, 0.6) is 5.75 Å². The number of hydrogen-bond acceptors (Lipinski definition) is 4. The largest absolute Gasteiger partial charge is 0.493 e. The third-order valence-corrected chi connectivity index (χ3v) is 4.08. The second-order valence-corrected chi connectivity index (χ2v) is 7.35. The maximum absolute atomic E-state index is 11.0. The van der Waals surface area contributed by atoms with Crippen LogP contribution in [-0.2, 0) is 16.4 Å².